The monoisotopic (exact) mass is 328 g/mol. The van der Waals surface area contributed by atoms with Crippen molar-refractivity contribution in [2.24, 2.45) is 0 Å². The Balaban J connectivity index is 6.14. The third-order valence-electron chi connectivity index (χ3n) is 1.90. The molecule has 13 heteroatoms. The van der Waals surface area contributed by atoms with Crippen LogP contribution in [0, 0.1) is 0 Å². The van der Waals surface area contributed by atoms with E-state index in [2.05, 4.69) is 0 Å². The molecule has 0 aromatic heterocycles. The summed E-state index contributed by atoms with van der Waals surface area (Å²) >= 11 is 0. The predicted molar refractivity (Wildman–Crippen MR) is 36.2 cm³/mol. The lowest BCUT2D eigenvalue weighted by atomic mass is 9.97. The largest absolute Gasteiger partial charge is 0.460 e. The minimum absolute atomic E-state index is 0.616. The number of allylic oxidation sites excluding steroid dienone is 1. The maximum absolute atomic E-state index is 12.5. The zero-order chi connectivity index (χ0) is 16.8. The lowest BCUT2D eigenvalue weighted by molar-refractivity contribution is -0.419. The first-order chi connectivity index (χ1) is 8.48. The van der Waals surface area contributed by atoms with Gasteiger partial charge in [0, 0.05) is 0 Å². The molecule has 0 unspecified atom stereocenters. The minimum Gasteiger partial charge on any atom is -0.230 e. The van der Waals surface area contributed by atoms with Crippen molar-refractivity contribution in [2.45, 2.75) is 29.9 Å². The fourth-order valence-corrected chi connectivity index (χ4v) is 0.774. The average Bonchev–Trinajstić information content (AvgIpc) is 2.25. The van der Waals surface area contributed by atoms with E-state index in [4.69, 9.17) is 0 Å². The standard InChI is InChI=1S/C7F12O/c8-2(1-20)3(9,10)4(11,12)5(13,14)6(15,16)7(17,18)19. The van der Waals surface area contributed by atoms with Crippen LogP contribution in [-0.2, 0) is 4.79 Å². The number of hydrogen-bond acceptors (Lipinski definition) is 1. The van der Waals surface area contributed by atoms with Crippen LogP contribution >= 0.6 is 0 Å². The summed E-state index contributed by atoms with van der Waals surface area (Å²) in [5.74, 6) is -34.4. The first kappa shape index (κ1) is 18.6. The fraction of sp³-hybridized carbons (Fsp3) is 0.714. The molecule has 0 saturated heterocycles. The summed E-state index contributed by atoms with van der Waals surface area (Å²) in [6.07, 6.45) is -7.34. The number of alkyl halides is 11. The van der Waals surface area contributed by atoms with Crippen LogP contribution in [0.3, 0.4) is 0 Å². The highest BCUT2D eigenvalue weighted by atomic mass is 19.4. The predicted octanol–water partition coefficient (Wildman–Crippen LogP) is 3.77. The van der Waals surface area contributed by atoms with Gasteiger partial charge in [-0.15, -0.1) is 0 Å². The molecule has 0 aliphatic carbocycles. The quantitative estimate of drug-likeness (QED) is 0.567. The minimum atomic E-state index is -7.74. The molecule has 20 heavy (non-hydrogen) atoms. The van der Waals surface area contributed by atoms with Crippen molar-refractivity contribution >= 4 is 5.94 Å². The van der Waals surface area contributed by atoms with E-state index in [1.165, 1.54) is 0 Å². The second-order valence-electron chi connectivity index (χ2n) is 3.21. The van der Waals surface area contributed by atoms with Crippen LogP contribution in [-0.4, -0.2) is 35.8 Å². The van der Waals surface area contributed by atoms with E-state index in [9.17, 15) is 57.5 Å². The molecule has 0 radical (unpaired) electrons. The highest BCUT2D eigenvalue weighted by molar-refractivity contribution is 5.52. The van der Waals surface area contributed by atoms with Crippen LogP contribution < -0.4 is 0 Å². The van der Waals surface area contributed by atoms with E-state index < -0.39 is 41.6 Å². The Bertz CT molecular complexity index is 426. The molecule has 0 spiro atoms. The third-order valence-corrected chi connectivity index (χ3v) is 1.90. The van der Waals surface area contributed by atoms with E-state index in [0.717, 1.165) is 0 Å². The van der Waals surface area contributed by atoms with E-state index in [1.807, 2.05) is 0 Å². The highest BCUT2D eigenvalue weighted by Gasteiger charge is 2.88. The summed E-state index contributed by atoms with van der Waals surface area (Å²) in [5.41, 5.74) is 0. The first-order valence-electron chi connectivity index (χ1n) is 3.97. The molecule has 0 bridgehead atoms. The molecule has 0 heterocycles. The smallest absolute Gasteiger partial charge is 0.230 e. The number of rotatable bonds is 4. The fourth-order valence-electron chi connectivity index (χ4n) is 0.774. The van der Waals surface area contributed by atoms with Crippen molar-refractivity contribution in [1.82, 2.24) is 0 Å². The summed E-state index contributed by atoms with van der Waals surface area (Å²) in [6.45, 7) is 0. The highest BCUT2D eigenvalue weighted by Crippen LogP contribution is 2.58. The van der Waals surface area contributed by atoms with Crippen molar-refractivity contribution < 1.29 is 57.5 Å². The molecule has 0 saturated carbocycles. The molecular weight excluding hydrogens is 328 g/mol. The topological polar surface area (TPSA) is 17.1 Å². The van der Waals surface area contributed by atoms with E-state index in [0.29, 0.717) is 0 Å². The normalized spacial score (nSPS) is 15.0. The Morgan fingerprint density at radius 1 is 0.650 bits per heavy atom. The van der Waals surface area contributed by atoms with Gasteiger partial charge in [0.1, 0.15) is 0 Å². The van der Waals surface area contributed by atoms with Gasteiger partial charge in [0.05, 0.1) is 0 Å². The SMILES string of the molecule is O=C=C(F)C(F)(F)C(F)(F)C(F)(F)C(F)(F)C(F)(F)F. The van der Waals surface area contributed by atoms with Gasteiger partial charge in [-0.2, -0.15) is 52.7 Å². The van der Waals surface area contributed by atoms with Gasteiger partial charge in [-0.05, 0) is 0 Å². The van der Waals surface area contributed by atoms with Gasteiger partial charge in [0.25, 0.3) is 5.83 Å². The van der Waals surface area contributed by atoms with E-state index >= 15 is 0 Å². The van der Waals surface area contributed by atoms with E-state index in [-0.39, 0.29) is 0 Å². The van der Waals surface area contributed by atoms with Gasteiger partial charge in [-0.3, -0.25) is 0 Å². The molecule has 0 fully saturated rings. The van der Waals surface area contributed by atoms with Crippen LogP contribution in [0.15, 0.2) is 5.83 Å². The van der Waals surface area contributed by atoms with Gasteiger partial charge < -0.3 is 0 Å². The maximum atomic E-state index is 12.5. The second kappa shape index (κ2) is 4.57. The Morgan fingerprint density at radius 2 is 1.00 bits per heavy atom. The Morgan fingerprint density at radius 3 is 1.25 bits per heavy atom. The number of halogens is 12. The summed E-state index contributed by atoms with van der Waals surface area (Å²) in [6, 6.07) is 0. The van der Waals surface area contributed by atoms with Gasteiger partial charge >= 0.3 is 29.9 Å². The molecule has 0 aliphatic rings. The summed E-state index contributed by atoms with van der Waals surface area (Å²) in [7, 11) is 0. The average molecular weight is 328 g/mol. The zero-order valence-electron chi connectivity index (χ0n) is 8.44. The third kappa shape index (κ3) is 2.23. The van der Waals surface area contributed by atoms with E-state index in [1.54, 1.807) is 0 Å². The van der Waals surface area contributed by atoms with Gasteiger partial charge in [-0.1, -0.05) is 0 Å². The van der Waals surface area contributed by atoms with Crippen LogP contribution in [0.2, 0.25) is 0 Å². The molecule has 0 atom stereocenters. The Kier molecular flexibility index (Phi) is 4.25. The molecule has 0 aromatic carbocycles. The van der Waals surface area contributed by atoms with Crippen molar-refractivity contribution in [2.75, 3.05) is 0 Å². The summed E-state index contributed by atoms with van der Waals surface area (Å²) in [5, 5.41) is 0. The lowest BCUT2D eigenvalue weighted by Gasteiger charge is -2.36. The molecule has 0 aromatic rings. The van der Waals surface area contributed by atoms with Crippen LogP contribution in [0.4, 0.5) is 52.7 Å². The molecule has 0 aliphatic heterocycles. The number of hydrogen-bond donors (Lipinski definition) is 0. The molecule has 118 valence electrons. The first-order valence-corrected chi connectivity index (χ1v) is 3.97. The zero-order valence-corrected chi connectivity index (χ0v) is 8.44. The van der Waals surface area contributed by atoms with Gasteiger partial charge in [-0.25, -0.2) is 4.79 Å². The maximum Gasteiger partial charge on any atom is 0.460 e. The van der Waals surface area contributed by atoms with Crippen LogP contribution in [0.1, 0.15) is 0 Å². The molecule has 1 nitrogen and oxygen atoms in total. The second-order valence-corrected chi connectivity index (χ2v) is 3.21. The van der Waals surface area contributed by atoms with Crippen molar-refractivity contribution in [3.05, 3.63) is 5.83 Å². The molecule has 0 N–H and O–H groups in total. The summed E-state index contributed by atoms with van der Waals surface area (Å²) in [4.78, 5) is 9.37. The van der Waals surface area contributed by atoms with Crippen LogP contribution in [0.25, 0.3) is 0 Å². The van der Waals surface area contributed by atoms with Crippen molar-refractivity contribution in [3.63, 3.8) is 0 Å². The number of carbonyl (C=O) groups excluding carboxylic acids is 1. The lowest BCUT2D eigenvalue weighted by Crippen LogP contribution is -2.66. The van der Waals surface area contributed by atoms with Gasteiger partial charge in [0.2, 0.25) is 0 Å². The molecule has 0 amide bonds. The Labute approximate surface area is 100 Å². The van der Waals surface area contributed by atoms with Crippen molar-refractivity contribution in [3.8, 4) is 0 Å². The molecular formula is C7F12O. The summed E-state index contributed by atoms with van der Waals surface area (Å²) < 4.78 is 146. The molecule has 0 rings (SSSR count). The Hall–Kier alpha value is -1.39. The van der Waals surface area contributed by atoms with Crippen molar-refractivity contribution in [1.29, 1.82) is 0 Å². The van der Waals surface area contributed by atoms with Crippen LogP contribution in [0.5, 0.6) is 0 Å². The van der Waals surface area contributed by atoms with Gasteiger partial charge in [0.15, 0.2) is 5.94 Å².